The van der Waals surface area contributed by atoms with E-state index in [1.807, 2.05) is 20.8 Å². The van der Waals surface area contributed by atoms with Gasteiger partial charge in [0.05, 0.1) is 19.3 Å². The molecule has 2 aliphatic rings. The van der Waals surface area contributed by atoms with Crippen LogP contribution in [-0.2, 0) is 9.47 Å². The Kier molecular flexibility index (Phi) is 4.59. The molecule has 1 atom stereocenters. The fourth-order valence-corrected chi connectivity index (χ4v) is 3.25. The van der Waals surface area contributed by atoms with Crippen LogP contribution in [0, 0.1) is 5.41 Å². The molecule has 1 heterocycles. The lowest BCUT2D eigenvalue weighted by molar-refractivity contribution is -0.0926. The van der Waals surface area contributed by atoms with Crippen molar-refractivity contribution < 1.29 is 14.3 Å². The highest BCUT2D eigenvalue weighted by atomic mass is 16.6. The van der Waals surface area contributed by atoms with Crippen molar-refractivity contribution in [1.82, 2.24) is 4.90 Å². The summed E-state index contributed by atoms with van der Waals surface area (Å²) < 4.78 is 11.4. The molecule has 0 aromatic heterocycles. The zero-order valence-electron chi connectivity index (χ0n) is 13.0. The first-order chi connectivity index (χ1) is 9.36. The number of ether oxygens (including phenoxy) is 2. The molecule has 1 aliphatic heterocycles. The lowest BCUT2D eigenvalue weighted by Crippen LogP contribution is -2.54. The van der Waals surface area contributed by atoms with E-state index in [1.165, 1.54) is 12.8 Å². The van der Waals surface area contributed by atoms with Gasteiger partial charge in [-0.2, -0.15) is 0 Å². The van der Waals surface area contributed by atoms with Gasteiger partial charge in [-0.1, -0.05) is 12.8 Å². The molecule has 0 radical (unpaired) electrons. The Morgan fingerprint density at radius 3 is 2.60 bits per heavy atom. The predicted molar refractivity (Wildman–Crippen MR) is 77.5 cm³/mol. The van der Waals surface area contributed by atoms with Gasteiger partial charge in [0.1, 0.15) is 5.60 Å². The number of hydrogen-bond donors (Lipinski definition) is 1. The summed E-state index contributed by atoms with van der Waals surface area (Å²) in [6, 6.07) is 0. The Bertz CT molecular complexity index is 346. The zero-order chi connectivity index (χ0) is 14.8. The van der Waals surface area contributed by atoms with Crippen LogP contribution in [0.15, 0.2) is 0 Å². The van der Waals surface area contributed by atoms with Gasteiger partial charge in [-0.3, -0.25) is 0 Å². The minimum atomic E-state index is -0.455. The fourth-order valence-electron chi connectivity index (χ4n) is 3.25. The molecule has 0 aromatic carbocycles. The van der Waals surface area contributed by atoms with Gasteiger partial charge in [0.25, 0.3) is 0 Å². The lowest BCUT2D eigenvalue weighted by Gasteiger charge is -2.42. The first kappa shape index (κ1) is 15.6. The van der Waals surface area contributed by atoms with Crippen molar-refractivity contribution in [3.05, 3.63) is 0 Å². The van der Waals surface area contributed by atoms with E-state index in [2.05, 4.69) is 0 Å². The summed E-state index contributed by atoms with van der Waals surface area (Å²) in [5.41, 5.74) is 5.61. The van der Waals surface area contributed by atoms with Gasteiger partial charge in [-0.25, -0.2) is 4.79 Å². The molecule has 1 aliphatic carbocycles. The number of nitrogens with two attached hydrogens (primary N) is 1. The maximum atomic E-state index is 12.2. The normalized spacial score (nSPS) is 26.6. The minimum absolute atomic E-state index is 0.0521. The number of hydrogen-bond acceptors (Lipinski definition) is 4. The summed E-state index contributed by atoms with van der Waals surface area (Å²) in [5.74, 6) is 0. The topological polar surface area (TPSA) is 64.8 Å². The van der Waals surface area contributed by atoms with E-state index < -0.39 is 5.60 Å². The van der Waals surface area contributed by atoms with E-state index in [0.717, 1.165) is 12.8 Å². The zero-order valence-corrected chi connectivity index (χ0v) is 13.0. The van der Waals surface area contributed by atoms with Gasteiger partial charge in [0.2, 0.25) is 0 Å². The molecule has 20 heavy (non-hydrogen) atoms. The monoisotopic (exact) mass is 284 g/mol. The Balaban J connectivity index is 1.99. The van der Waals surface area contributed by atoms with Gasteiger partial charge >= 0.3 is 6.09 Å². The van der Waals surface area contributed by atoms with Crippen LogP contribution in [0.1, 0.15) is 46.5 Å². The molecule has 2 N–H and O–H groups in total. The molecule has 116 valence electrons. The number of carbonyl (C=O) groups excluding carboxylic acids is 1. The number of amides is 1. The van der Waals surface area contributed by atoms with Gasteiger partial charge in [0, 0.05) is 18.5 Å². The van der Waals surface area contributed by atoms with Crippen LogP contribution in [0.3, 0.4) is 0 Å². The Morgan fingerprint density at radius 2 is 2.05 bits per heavy atom. The summed E-state index contributed by atoms with van der Waals surface area (Å²) in [7, 11) is 0. The Morgan fingerprint density at radius 1 is 1.40 bits per heavy atom. The van der Waals surface area contributed by atoms with Crippen LogP contribution < -0.4 is 5.73 Å². The van der Waals surface area contributed by atoms with Crippen molar-refractivity contribution in [3.63, 3.8) is 0 Å². The third kappa shape index (κ3) is 3.44. The second-order valence-corrected chi connectivity index (χ2v) is 7.06. The van der Waals surface area contributed by atoms with E-state index in [4.69, 9.17) is 15.2 Å². The first-order valence-electron chi connectivity index (χ1n) is 7.66. The summed E-state index contributed by atoms with van der Waals surface area (Å²) in [5, 5.41) is 0. The van der Waals surface area contributed by atoms with Crippen molar-refractivity contribution in [1.29, 1.82) is 0 Å². The van der Waals surface area contributed by atoms with Crippen LogP contribution in [0.5, 0.6) is 0 Å². The summed E-state index contributed by atoms with van der Waals surface area (Å²) in [4.78, 5) is 14.0. The molecule has 0 spiro atoms. The van der Waals surface area contributed by atoms with E-state index in [9.17, 15) is 4.79 Å². The molecule has 1 unspecified atom stereocenters. The highest BCUT2D eigenvalue weighted by Crippen LogP contribution is 2.42. The number of morpholine rings is 1. The minimum Gasteiger partial charge on any atom is -0.444 e. The van der Waals surface area contributed by atoms with Crippen LogP contribution in [0.2, 0.25) is 0 Å². The molecule has 1 saturated heterocycles. The molecule has 2 rings (SSSR count). The molecule has 5 heteroatoms. The second-order valence-electron chi connectivity index (χ2n) is 7.06. The highest BCUT2D eigenvalue weighted by molar-refractivity contribution is 5.68. The summed E-state index contributed by atoms with van der Waals surface area (Å²) >= 11 is 0. The lowest BCUT2D eigenvalue weighted by atomic mass is 9.79. The van der Waals surface area contributed by atoms with Gasteiger partial charge in [-0.15, -0.1) is 0 Å². The van der Waals surface area contributed by atoms with Gasteiger partial charge in [-0.05, 0) is 33.6 Å². The van der Waals surface area contributed by atoms with E-state index in [0.29, 0.717) is 26.2 Å². The molecule has 1 saturated carbocycles. The van der Waals surface area contributed by atoms with Crippen LogP contribution in [-0.4, -0.2) is 48.9 Å². The molecule has 5 nitrogen and oxygen atoms in total. The van der Waals surface area contributed by atoms with Gasteiger partial charge in [0.15, 0.2) is 0 Å². The predicted octanol–water partition coefficient (Wildman–Crippen LogP) is 2.14. The standard InChI is InChI=1S/C15H28N2O3/c1-14(2,3)20-13(18)17-8-9-19-12(10-17)15(11-16)6-4-5-7-15/h12H,4-11,16H2,1-3H3. The SMILES string of the molecule is CC(C)(C)OC(=O)N1CCOC(C2(CN)CCCC2)C1. The quantitative estimate of drug-likeness (QED) is 0.843. The van der Waals surface area contributed by atoms with E-state index in [-0.39, 0.29) is 17.6 Å². The smallest absolute Gasteiger partial charge is 0.410 e. The maximum Gasteiger partial charge on any atom is 0.410 e. The fraction of sp³-hybridized carbons (Fsp3) is 0.933. The Labute approximate surface area is 121 Å². The van der Waals surface area contributed by atoms with Crippen molar-refractivity contribution in [2.24, 2.45) is 11.1 Å². The summed E-state index contributed by atoms with van der Waals surface area (Å²) in [6.07, 6.45) is 4.45. The third-order valence-electron chi connectivity index (χ3n) is 4.41. The Hall–Kier alpha value is -0.810. The molecular weight excluding hydrogens is 256 g/mol. The van der Waals surface area contributed by atoms with Crippen molar-refractivity contribution >= 4 is 6.09 Å². The molecule has 2 fully saturated rings. The molecule has 0 aromatic rings. The number of carbonyl (C=O) groups is 1. The van der Waals surface area contributed by atoms with Crippen LogP contribution in [0.4, 0.5) is 4.79 Å². The second kappa shape index (κ2) is 5.90. The molecular formula is C15H28N2O3. The first-order valence-corrected chi connectivity index (χ1v) is 7.66. The van der Waals surface area contributed by atoms with Gasteiger partial charge < -0.3 is 20.1 Å². The maximum absolute atomic E-state index is 12.2. The summed E-state index contributed by atoms with van der Waals surface area (Å²) in [6.45, 7) is 8.09. The van der Waals surface area contributed by atoms with Crippen LogP contribution >= 0.6 is 0 Å². The van der Waals surface area contributed by atoms with Crippen molar-refractivity contribution in [2.75, 3.05) is 26.2 Å². The molecule has 0 bridgehead atoms. The van der Waals surface area contributed by atoms with Crippen molar-refractivity contribution in [3.8, 4) is 0 Å². The average Bonchev–Trinajstić information content (AvgIpc) is 2.87. The largest absolute Gasteiger partial charge is 0.444 e. The van der Waals surface area contributed by atoms with Crippen molar-refractivity contribution in [2.45, 2.75) is 58.2 Å². The van der Waals surface area contributed by atoms with E-state index >= 15 is 0 Å². The number of rotatable bonds is 2. The highest BCUT2D eigenvalue weighted by Gasteiger charge is 2.44. The average molecular weight is 284 g/mol. The van der Waals surface area contributed by atoms with E-state index in [1.54, 1.807) is 4.90 Å². The number of nitrogens with zero attached hydrogens (tertiary/aromatic N) is 1. The third-order valence-corrected chi connectivity index (χ3v) is 4.41. The molecule has 1 amide bonds. The van der Waals surface area contributed by atoms with Crippen LogP contribution in [0.25, 0.3) is 0 Å².